The predicted octanol–water partition coefficient (Wildman–Crippen LogP) is 4.49. The van der Waals surface area contributed by atoms with Gasteiger partial charge in [-0.3, -0.25) is 14.4 Å². The van der Waals surface area contributed by atoms with Gasteiger partial charge in [0.25, 0.3) is 5.91 Å². The van der Waals surface area contributed by atoms with Gasteiger partial charge in [0, 0.05) is 37.6 Å². The maximum atomic E-state index is 13.6. The van der Waals surface area contributed by atoms with Gasteiger partial charge in [0.1, 0.15) is 0 Å². The van der Waals surface area contributed by atoms with E-state index < -0.39 is 10.0 Å². The van der Waals surface area contributed by atoms with Crippen molar-refractivity contribution in [3.8, 4) is 0 Å². The van der Waals surface area contributed by atoms with Crippen molar-refractivity contribution in [2.24, 2.45) is 0 Å². The molecule has 0 atom stereocenters. The highest BCUT2D eigenvalue weighted by atomic mass is 32.2. The van der Waals surface area contributed by atoms with Crippen LogP contribution in [0.2, 0.25) is 0 Å². The molecule has 4 aromatic rings. The zero-order valence-electron chi connectivity index (χ0n) is 20.5. The first kappa shape index (κ1) is 25.0. The van der Waals surface area contributed by atoms with Gasteiger partial charge < -0.3 is 0 Å². The van der Waals surface area contributed by atoms with Gasteiger partial charge in [0.15, 0.2) is 5.13 Å². The average molecular weight is 512 g/mol. The molecule has 2 aromatic carbocycles. The molecule has 2 heterocycles. The smallest absolute Gasteiger partial charge is 0.260 e. The number of amides is 1. The Hall–Kier alpha value is -3.08. The number of sulfonamides is 1. The highest BCUT2D eigenvalue weighted by Crippen LogP contribution is 2.32. The van der Waals surface area contributed by atoms with Crippen LogP contribution in [0.5, 0.6) is 0 Å². The Morgan fingerprint density at radius 1 is 1.14 bits per heavy atom. The molecule has 0 spiro atoms. The lowest BCUT2D eigenvalue weighted by molar-refractivity contribution is 0.0985. The van der Waals surface area contributed by atoms with Gasteiger partial charge in [-0.2, -0.15) is 9.40 Å². The molecule has 0 radical (unpaired) electrons. The highest BCUT2D eigenvalue weighted by Gasteiger charge is 2.25. The third kappa shape index (κ3) is 5.14. The average Bonchev–Trinajstić information content (AvgIpc) is 3.49. The molecular weight excluding hydrogens is 482 g/mol. The summed E-state index contributed by atoms with van der Waals surface area (Å²) in [7, 11) is -2.08. The molecular formula is C25H29N5O3S2. The zero-order valence-corrected chi connectivity index (χ0v) is 22.1. The molecule has 0 saturated heterocycles. The van der Waals surface area contributed by atoms with Crippen LogP contribution in [0.1, 0.15) is 35.3 Å². The van der Waals surface area contributed by atoms with Crippen LogP contribution in [-0.2, 0) is 16.6 Å². The molecule has 0 N–H and O–H groups in total. The van der Waals surface area contributed by atoms with E-state index in [0.29, 0.717) is 23.8 Å². The normalized spacial score (nSPS) is 12.1. The summed E-state index contributed by atoms with van der Waals surface area (Å²) in [5.74, 6) is -0.244. The largest absolute Gasteiger partial charge is 0.282 e. The van der Waals surface area contributed by atoms with Crippen LogP contribution in [0.25, 0.3) is 10.2 Å². The molecule has 0 fully saturated rings. The van der Waals surface area contributed by atoms with Gasteiger partial charge in [-0.1, -0.05) is 17.4 Å². The topological polar surface area (TPSA) is 88.4 Å². The molecule has 8 nitrogen and oxygen atoms in total. The van der Waals surface area contributed by atoms with Crippen LogP contribution in [-0.4, -0.2) is 53.0 Å². The molecule has 0 aliphatic carbocycles. The molecule has 1 amide bonds. The first-order valence-electron chi connectivity index (χ1n) is 11.3. The van der Waals surface area contributed by atoms with Crippen LogP contribution >= 0.6 is 11.3 Å². The Morgan fingerprint density at radius 2 is 1.86 bits per heavy atom. The minimum atomic E-state index is -3.63. The predicted molar refractivity (Wildman–Crippen MR) is 140 cm³/mol. The van der Waals surface area contributed by atoms with Crippen molar-refractivity contribution in [3.63, 3.8) is 0 Å². The lowest BCUT2D eigenvalue weighted by Gasteiger charge is -2.22. The van der Waals surface area contributed by atoms with Gasteiger partial charge >= 0.3 is 0 Å². The summed E-state index contributed by atoms with van der Waals surface area (Å²) >= 11 is 1.47. The van der Waals surface area contributed by atoms with Crippen LogP contribution < -0.4 is 4.90 Å². The molecule has 184 valence electrons. The number of rotatable bonds is 8. The second-order valence-corrected chi connectivity index (χ2v) is 11.8. The molecule has 35 heavy (non-hydrogen) atoms. The van der Waals surface area contributed by atoms with Gasteiger partial charge in [0.2, 0.25) is 10.0 Å². The molecule has 0 aliphatic heterocycles. The number of carbonyl (C=O) groups excluding carboxylic acids is 1. The Kier molecular flexibility index (Phi) is 7.07. The van der Waals surface area contributed by atoms with Crippen LogP contribution in [0.15, 0.2) is 59.8 Å². The lowest BCUT2D eigenvalue weighted by atomic mass is 10.1. The van der Waals surface area contributed by atoms with Gasteiger partial charge in [-0.15, -0.1) is 0 Å². The number of hydrogen-bond acceptors (Lipinski definition) is 6. The standard InChI is InChI=1S/C25H29N5O3S2/c1-17(2)28(5)35(32,33)21-9-7-20(8-10-21)24(31)30(14-13-29-12-6-11-26-29)25-27-23-19(4)15-18(3)16-22(23)34-25/h6-12,15-17H,13-14H2,1-5H3. The Bertz CT molecular complexity index is 1440. The third-order valence-corrected chi connectivity index (χ3v) is 8.99. The molecule has 0 saturated carbocycles. The number of benzene rings is 2. The second-order valence-electron chi connectivity index (χ2n) is 8.79. The van der Waals surface area contributed by atoms with E-state index >= 15 is 0 Å². The number of carbonyl (C=O) groups is 1. The fraction of sp³-hybridized carbons (Fsp3) is 0.320. The Labute approximate surface area is 209 Å². The fourth-order valence-corrected chi connectivity index (χ4v) is 6.30. The number of anilines is 1. The molecule has 2 aromatic heterocycles. The van der Waals surface area contributed by atoms with E-state index in [-0.39, 0.29) is 16.8 Å². The van der Waals surface area contributed by atoms with Crippen LogP contribution in [0, 0.1) is 13.8 Å². The molecule has 0 bridgehead atoms. The van der Waals surface area contributed by atoms with Gasteiger partial charge in [-0.05, 0) is 75.2 Å². The molecule has 4 rings (SSSR count). The van der Waals surface area contributed by atoms with E-state index in [1.54, 1.807) is 35.0 Å². The van der Waals surface area contributed by atoms with Crippen LogP contribution in [0.4, 0.5) is 5.13 Å². The summed E-state index contributed by atoms with van der Waals surface area (Å²) in [5, 5.41) is 4.84. The van der Waals surface area contributed by atoms with E-state index in [9.17, 15) is 13.2 Å². The summed E-state index contributed by atoms with van der Waals surface area (Å²) in [4.78, 5) is 20.2. The quantitative estimate of drug-likeness (QED) is 0.348. The van der Waals surface area contributed by atoms with E-state index in [0.717, 1.165) is 21.3 Å². The number of hydrogen-bond donors (Lipinski definition) is 0. The number of aryl methyl sites for hydroxylation is 2. The third-order valence-electron chi connectivity index (χ3n) is 5.91. The Balaban J connectivity index is 1.68. The van der Waals surface area contributed by atoms with Crippen molar-refractivity contribution in [1.82, 2.24) is 19.1 Å². The summed E-state index contributed by atoms with van der Waals surface area (Å²) in [5.41, 5.74) is 3.48. The summed E-state index contributed by atoms with van der Waals surface area (Å²) in [6.45, 7) is 8.55. The number of nitrogens with zero attached hydrogens (tertiary/aromatic N) is 5. The highest BCUT2D eigenvalue weighted by molar-refractivity contribution is 7.89. The maximum absolute atomic E-state index is 13.6. The summed E-state index contributed by atoms with van der Waals surface area (Å²) < 4.78 is 29.7. The van der Waals surface area contributed by atoms with E-state index in [2.05, 4.69) is 17.2 Å². The first-order valence-corrected chi connectivity index (χ1v) is 13.6. The van der Waals surface area contributed by atoms with Crippen molar-refractivity contribution in [2.75, 3.05) is 18.5 Å². The molecule has 0 aliphatic rings. The van der Waals surface area contributed by atoms with E-state index in [4.69, 9.17) is 4.98 Å². The maximum Gasteiger partial charge on any atom is 0.260 e. The summed E-state index contributed by atoms with van der Waals surface area (Å²) in [6, 6.07) is 11.9. The zero-order chi connectivity index (χ0) is 25.3. The fourth-order valence-electron chi connectivity index (χ4n) is 3.76. The monoisotopic (exact) mass is 511 g/mol. The minimum absolute atomic E-state index is 0.152. The lowest BCUT2D eigenvalue weighted by Crippen LogP contribution is -2.34. The number of fused-ring (bicyclic) bond motifs is 1. The first-order chi connectivity index (χ1) is 16.6. The molecule has 10 heteroatoms. The summed E-state index contributed by atoms with van der Waals surface area (Å²) in [6.07, 6.45) is 3.54. The van der Waals surface area contributed by atoms with E-state index in [1.807, 2.05) is 40.0 Å². The van der Waals surface area contributed by atoms with E-state index in [1.165, 1.54) is 27.8 Å². The van der Waals surface area contributed by atoms with Crippen molar-refractivity contribution in [1.29, 1.82) is 0 Å². The van der Waals surface area contributed by atoms with Crippen molar-refractivity contribution >= 4 is 42.6 Å². The minimum Gasteiger partial charge on any atom is -0.282 e. The molecule has 0 unspecified atom stereocenters. The van der Waals surface area contributed by atoms with Gasteiger partial charge in [-0.25, -0.2) is 13.4 Å². The SMILES string of the molecule is Cc1cc(C)c2nc(N(CCn3cccn3)C(=O)c3ccc(S(=O)(=O)N(C)C(C)C)cc3)sc2c1. The van der Waals surface area contributed by atoms with Crippen molar-refractivity contribution in [2.45, 2.75) is 45.2 Å². The second kappa shape index (κ2) is 9.88. The van der Waals surface area contributed by atoms with Crippen LogP contribution in [0.3, 0.4) is 0 Å². The van der Waals surface area contributed by atoms with Gasteiger partial charge in [0.05, 0.1) is 21.7 Å². The number of thiazole rings is 1. The number of aromatic nitrogens is 3. The van der Waals surface area contributed by atoms with Crippen molar-refractivity contribution in [3.05, 3.63) is 71.5 Å². The van der Waals surface area contributed by atoms with Crippen molar-refractivity contribution < 1.29 is 13.2 Å². The Morgan fingerprint density at radius 3 is 2.49 bits per heavy atom.